The lowest BCUT2D eigenvalue weighted by atomic mass is 10.00. The van der Waals surface area contributed by atoms with Gasteiger partial charge in [-0.1, -0.05) is 25.5 Å². The van der Waals surface area contributed by atoms with Gasteiger partial charge in [-0.3, -0.25) is 4.79 Å². The minimum atomic E-state index is -0.918. The van der Waals surface area contributed by atoms with Crippen LogP contribution in [0.25, 0.3) is 0 Å². The quantitative estimate of drug-likeness (QED) is 0.412. The van der Waals surface area contributed by atoms with E-state index in [-0.39, 0.29) is 5.78 Å². The summed E-state index contributed by atoms with van der Waals surface area (Å²) in [5.74, 6) is -0.870. The summed E-state index contributed by atoms with van der Waals surface area (Å²) >= 11 is 0. The number of aliphatic carboxylic acids is 1. The number of allylic oxidation sites excluding steroid dienone is 4. The molecule has 19 heavy (non-hydrogen) atoms. The van der Waals surface area contributed by atoms with Crippen LogP contribution in [-0.4, -0.2) is 16.9 Å². The maximum atomic E-state index is 11.7. The Kier molecular flexibility index (Phi) is 6.62. The van der Waals surface area contributed by atoms with Crippen molar-refractivity contribution >= 4 is 11.8 Å². The first-order chi connectivity index (χ1) is 9.15. The Morgan fingerprint density at radius 2 is 2.16 bits per heavy atom. The first kappa shape index (κ1) is 15.2. The first-order valence-corrected chi connectivity index (χ1v) is 6.75. The fourth-order valence-corrected chi connectivity index (χ4v) is 1.91. The lowest BCUT2D eigenvalue weighted by Crippen LogP contribution is -1.97. The van der Waals surface area contributed by atoms with E-state index in [9.17, 15) is 9.59 Å². The highest BCUT2D eigenvalue weighted by Gasteiger charge is 2.15. The fraction of sp³-hybridized carbons (Fsp3) is 0.438. The molecule has 1 rings (SSSR count). The minimum absolute atomic E-state index is 0.0483. The van der Waals surface area contributed by atoms with E-state index >= 15 is 0 Å². The zero-order valence-electron chi connectivity index (χ0n) is 11.3. The molecule has 0 saturated heterocycles. The average molecular weight is 260 g/mol. The lowest BCUT2D eigenvalue weighted by Gasteiger charge is -2.03. The van der Waals surface area contributed by atoms with Crippen molar-refractivity contribution in [3.05, 3.63) is 41.2 Å². The Morgan fingerprint density at radius 3 is 2.84 bits per heavy atom. The zero-order chi connectivity index (χ0) is 14.1. The van der Waals surface area contributed by atoms with Crippen LogP contribution in [0.1, 0.15) is 45.4 Å². The van der Waals surface area contributed by atoms with E-state index in [1.54, 1.807) is 6.08 Å². The molecule has 3 nitrogen and oxygen atoms in total. The largest absolute Gasteiger partial charge is 0.478 e. The topological polar surface area (TPSA) is 54.4 Å². The van der Waals surface area contributed by atoms with Crippen molar-refractivity contribution in [3.63, 3.8) is 0 Å². The van der Waals surface area contributed by atoms with Gasteiger partial charge < -0.3 is 5.11 Å². The molecule has 1 aliphatic carbocycles. The van der Waals surface area contributed by atoms with Crippen LogP contribution in [0.3, 0.4) is 0 Å². The number of carbonyl (C=O) groups is 2. The Hall–Kier alpha value is -1.86. The number of hydrogen-bond acceptors (Lipinski definition) is 2. The number of unbranched alkanes of at least 4 members (excludes halogenated alkanes) is 3. The average Bonchev–Trinajstić information content (AvgIpc) is 2.72. The Bertz CT molecular complexity index is 460. The highest BCUT2D eigenvalue weighted by molar-refractivity contribution is 6.09. The van der Waals surface area contributed by atoms with Crippen molar-refractivity contribution in [2.24, 2.45) is 0 Å². The molecule has 3 heteroatoms. The number of rotatable bonds is 8. The third kappa shape index (κ3) is 5.54. The van der Waals surface area contributed by atoms with Gasteiger partial charge in [-0.15, -0.1) is 5.73 Å². The van der Waals surface area contributed by atoms with Gasteiger partial charge >= 0.3 is 5.97 Å². The Labute approximate surface area is 114 Å². The molecular formula is C16H20O3. The number of carboxylic acids is 1. The van der Waals surface area contributed by atoms with Crippen LogP contribution in [0, 0.1) is 0 Å². The predicted molar refractivity (Wildman–Crippen MR) is 74.8 cm³/mol. The molecule has 1 N–H and O–H groups in total. The smallest absolute Gasteiger partial charge is 0.327 e. The van der Waals surface area contributed by atoms with Gasteiger partial charge in [0, 0.05) is 23.3 Å². The molecule has 0 amide bonds. The van der Waals surface area contributed by atoms with Gasteiger partial charge in [-0.2, -0.15) is 0 Å². The summed E-state index contributed by atoms with van der Waals surface area (Å²) in [5.41, 5.74) is 4.85. The summed E-state index contributed by atoms with van der Waals surface area (Å²) in [6, 6.07) is 0. The van der Waals surface area contributed by atoms with E-state index in [1.165, 1.54) is 6.08 Å². The molecule has 0 fully saturated rings. The summed E-state index contributed by atoms with van der Waals surface area (Å²) in [6.07, 6.45) is 11.7. The van der Waals surface area contributed by atoms with Gasteiger partial charge in [-0.05, 0) is 32.1 Å². The zero-order valence-corrected chi connectivity index (χ0v) is 11.3. The van der Waals surface area contributed by atoms with E-state index in [4.69, 9.17) is 5.11 Å². The molecule has 102 valence electrons. The highest BCUT2D eigenvalue weighted by Crippen LogP contribution is 2.22. The SMILES string of the molecule is CCCCC1=C=CC(=O)C1=CCCCC=CC(=O)O. The second-order valence-electron chi connectivity index (χ2n) is 4.52. The summed E-state index contributed by atoms with van der Waals surface area (Å²) in [5, 5.41) is 8.44. The van der Waals surface area contributed by atoms with Crippen molar-refractivity contribution in [1.29, 1.82) is 0 Å². The monoisotopic (exact) mass is 260 g/mol. The summed E-state index contributed by atoms with van der Waals surface area (Å²) in [6.45, 7) is 2.12. The van der Waals surface area contributed by atoms with Crippen LogP contribution < -0.4 is 0 Å². The van der Waals surface area contributed by atoms with Crippen molar-refractivity contribution in [1.82, 2.24) is 0 Å². The van der Waals surface area contributed by atoms with Crippen LogP contribution in [0.5, 0.6) is 0 Å². The third-order valence-electron chi connectivity index (χ3n) is 2.93. The van der Waals surface area contributed by atoms with E-state index in [0.717, 1.165) is 49.3 Å². The van der Waals surface area contributed by atoms with Gasteiger partial charge in [0.1, 0.15) is 0 Å². The van der Waals surface area contributed by atoms with Crippen LogP contribution in [0.4, 0.5) is 0 Å². The van der Waals surface area contributed by atoms with Crippen molar-refractivity contribution in [3.8, 4) is 0 Å². The summed E-state index contributed by atoms with van der Waals surface area (Å²) in [4.78, 5) is 21.9. The van der Waals surface area contributed by atoms with Gasteiger partial charge in [0.2, 0.25) is 0 Å². The van der Waals surface area contributed by atoms with Crippen LogP contribution in [0.15, 0.2) is 41.2 Å². The van der Waals surface area contributed by atoms with Gasteiger partial charge in [0.25, 0.3) is 0 Å². The number of hydrogen-bond donors (Lipinski definition) is 1. The molecule has 1 aliphatic rings. The molecule has 0 aliphatic heterocycles. The Morgan fingerprint density at radius 1 is 1.37 bits per heavy atom. The number of ketones is 1. The number of carboxylic acid groups (broad SMARTS) is 1. The molecule has 0 saturated carbocycles. The molecule has 0 unspecified atom stereocenters. The fourth-order valence-electron chi connectivity index (χ4n) is 1.91. The Balaban J connectivity index is 2.40. The minimum Gasteiger partial charge on any atom is -0.478 e. The number of carbonyl (C=O) groups excluding carboxylic acids is 1. The van der Waals surface area contributed by atoms with Crippen LogP contribution in [0.2, 0.25) is 0 Å². The first-order valence-electron chi connectivity index (χ1n) is 6.75. The standard InChI is InChI=1S/C16H20O3/c1-2-3-8-13-11-12-15(17)14(13)9-6-4-5-7-10-16(18)19/h7,9-10,12H,2-6,8H2,1H3,(H,18,19). The van der Waals surface area contributed by atoms with E-state index in [0.29, 0.717) is 6.42 Å². The maximum absolute atomic E-state index is 11.7. The molecule has 0 spiro atoms. The normalized spacial score (nSPS) is 16.6. The second-order valence-corrected chi connectivity index (χ2v) is 4.52. The van der Waals surface area contributed by atoms with Gasteiger partial charge in [0.05, 0.1) is 0 Å². The van der Waals surface area contributed by atoms with Gasteiger partial charge in [0.15, 0.2) is 5.78 Å². The molecule has 0 bridgehead atoms. The molecule has 0 aromatic heterocycles. The highest BCUT2D eigenvalue weighted by atomic mass is 16.4. The molecular weight excluding hydrogens is 240 g/mol. The molecule has 0 aromatic carbocycles. The maximum Gasteiger partial charge on any atom is 0.327 e. The molecule has 0 aromatic rings. The van der Waals surface area contributed by atoms with Crippen LogP contribution >= 0.6 is 0 Å². The van der Waals surface area contributed by atoms with Crippen molar-refractivity contribution < 1.29 is 14.7 Å². The molecule has 0 atom stereocenters. The molecule has 0 radical (unpaired) electrons. The van der Waals surface area contributed by atoms with Crippen molar-refractivity contribution in [2.45, 2.75) is 45.4 Å². The summed E-state index contributed by atoms with van der Waals surface area (Å²) in [7, 11) is 0. The third-order valence-corrected chi connectivity index (χ3v) is 2.93. The van der Waals surface area contributed by atoms with E-state index < -0.39 is 5.97 Å². The second kappa shape index (κ2) is 8.28. The van der Waals surface area contributed by atoms with Gasteiger partial charge in [-0.25, -0.2) is 4.79 Å². The summed E-state index contributed by atoms with van der Waals surface area (Å²) < 4.78 is 0. The lowest BCUT2D eigenvalue weighted by molar-refractivity contribution is -0.131. The van der Waals surface area contributed by atoms with E-state index in [2.05, 4.69) is 12.7 Å². The molecule has 0 heterocycles. The van der Waals surface area contributed by atoms with Crippen molar-refractivity contribution in [2.75, 3.05) is 0 Å². The predicted octanol–water partition coefficient (Wildman–Crippen LogP) is 3.58. The van der Waals surface area contributed by atoms with E-state index in [1.807, 2.05) is 6.08 Å². The van der Waals surface area contributed by atoms with Crippen LogP contribution in [-0.2, 0) is 9.59 Å².